The normalized spacial score (nSPS) is 38.0. The first kappa shape index (κ1) is 50.0. The zero-order valence-corrected chi connectivity index (χ0v) is 40.1. The monoisotopic (exact) mass is 1000 g/mol. The quantitative estimate of drug-likeness (QED) is 0.0951. The molecule has 344 valence electrons. The van der Waals surface area contributed by atoms with Crippen molar-refractivity contribution in [1.29, 1.82) is 0 Å². The maximum Gasteiger partial charge on any atom is 0.352 e. The summed E-state index contributed by atoms with van der Waals surface area (Å²) in [5.41, 5.74) is 1.46. The van der Waals surface area contributed by atoms with Crippen LogP contribution in [0.3, 0.4) is 0 Å². The number of Topliss-reactive ketones (excluding diaryl/α,β-unsaturated/α-hetero) is 1. The molecule has 0 unspecified atom stereocenters. The molecule has 5 rings (SSSR count). The van der Waals surface area contributed by atoms with Gasteiger partial charge < -0.3 is 44.6 Å². The third-order valence-electron chi connectivity index (χ3n) is 12.4. The van der Waals surface area contributed by atoms with Crippen LogP contribution in [-0.4, -0.2) is 126 Å². The van der Waals surface area contributed by atoms with Gasteiger partial charge in [0.1, 0.15) is 22.5 Å². The Kier molecular flexibility index (Phi) is 16.4. The Bertz CT molecular complexity index is 1970. The highest BCUT2D eigenvalue weighted by atomic mass is 127. The number of nitrogens with two attached hydrogens (primary N) is 1. The van der Waals surface area contributed by atoms with Gasteiger partial charge in [0.2, 0.25) is 5.91 Å². The fourth-order valence-corrected chi connectivity index (χ4v) is 10.2. The van der Waals surface area contributed by atoms with E-state index in [0.29, 0.717) is 29.4 Å². The Morgan fingerprint density at radius 1 is 1.16 bits per heavy atom. The number of aliphatic hydroxyl groups is 2. The van der Waals surface area contributed by atoms with E-state index in [9.17, 15) is 24.6 Å². The molecule has 0 radical (unpaired) electrons. The number of pyridine rings is 1. The lowest BCUT2D eigenvalue weighted by Crippen LogP contribution is -2.61. The number of aliphatic imine (C=N–C) groups is 1. The molecule has 1 amide bonds. The van der Waals surface area contributed by atoms with Gasteiger partial charge in [-0.2, -0.15) is 0 Å². The summed E-state index contributed by atoms with van der Waals surface area (Å²) in [7, 11) is 3.65. The van der Waals surface area contributed by atoms with Crippen LogP contribution in [0, 0.1) is 23.7 Å². The van der Waals surface area contributed by atoms with Crippen LogP contribution in [0.25, 0.3) is 10.6 Å². The number of oxime groups is 1. The number of anilines is 1. The van der Waals surface area contributed by atoms with Gasteiger partial charge in [-0.05, 0) is 114 Å². The van der Waals surface area contributed by atoms with Crippen LogP contribution in [0.4, 0.5) is 10.2 Å². The largest absolute Gasteiger partial charge is 0.446 e. The first-order valence-electron chi connectivity index (χ1n) is 21.0. The second kappa shape index (κ2) is 20.4. The van der Waals surface area contributed by atoms with Crippen LogP contribution >= 0.6 is 33.9 Å². The number of cyclic esters (lactones) is 1. The maximum absolute atomic E-state index is 16.8. The molecule has 62 heavy (non-hydrogen) atoms. The number of rotatable bonds is 8. The number of nitrogens with zero attached hydrogens (tertiary/aromatic N) is 5. The fourth-order valence-electron chi connectivity index (χ4n) is 8.82. The molecule has 2 bridgehead atoms. The SMILES string of the molecule is CCC(=O)N=C1[C@H](C)C[C@@]2(C)OC/C(=N/OCc3ccc(-c4nc(N)cs4)cn3)CC[C@H]([C@H]1C)[C@](C)(O)[C@@H](I)OC(=O)[C@@](C)(F)C(=O)[C@H](C)[C@H]2O[C@@H]1O[C@H](C)C[C@H](N(C)C)[C@H]1O. The fraction of sp³-hybridized carbons (Fsp3) is 0.698. The Morgan fingerprint density at radius 2 is 1.87 bits per heavy atom. The number of amides is 1. The number of hydrogen-bond donors (Lipinski definition) is 3. The number of carbonyl (C=O) groups is 3. The van der Waals surface area contributed by atoms with Crippen LogP contribution in [0.1, 0.15) is 93.2 Å². The van der Waals surface area contributed by atoms with E-state index in [0.717, 1.165) is 17.5 Å². The summed E-state index contributed by atoms with van der Waals surface area (Å²) in [6.45, 7) is 12.5. The lowest BCUT2D eigenvalue weighted by atomic mass is 9.70. The molecule has 0 aliphatic carbocycles. The van der Waals surface area contributed by atoms with Crippen LogP contribution in [0.2, 0.25) is 0 Å². The first-order chi connectivity index (χ1) is 29.0. The van der Waals surface area contributed by atoms with Gasteiger partial charge >= 0.3 is 5.97 Å². The number of likely N-dealkylation sites (N-methyl/N-ethyl adjacent to an activating group) is 1. The Balaban J connectivity index is 1.64. The third-order valence-corrected chi connectivity index (χ3v) is 14.9. The number of hydrogen-bond acceptors (Lipinski definition) is 16. The minimum Gasteiger partial charge on any atom is -0.446 e. The molecule has 16 nitrogen and oxygen atoms in total. The second-order valence-electron chi connectivity index (χ2n) is 17.7. The highest BCUT2D eigenvalue weighted by molar-refractivity contribution is 14.1. The second-order valence-corrected chi connectivity index (χ2v) is 19.7. The van der Waals surface area contributed by atoms with Crippen LogP contribution in [-0.2, 0) is 44.8 Å². The molecule has 0 saturated carbocycles. The lowest BCUT2D eigenvalue weighted by Gasteiger charge is -2.47. The zero-order chi connectivity index (χ0) is 45.9. The van der Waals surface area contributed by atoms with E-state index in [1.165, 1.54) is 25.2 Å². The Labute approximate surface area is 380 Å². The van der Waals surface area contributed by atoms with Crippen molar-refractivity contribution in [3.8, 4) is 10.6 Å². The van der Waals surface area contributed by atoms with Crippen molar-refractivity contribution in [1.82, 2.24) is 14.9 Å². The molecule has 0 spiro atoms. The molecule has 5 heterocycles. The highest BCUT2D eigenvalue weighted by Crippen LogP contribution is 2.43. The van der Waals surface area contributed by atoms with E-state index in [4.69, 9.17) is 29.5 Å². The molecule has 3 fully saturated rings. The molecule has 2 aromatic heterocycles. The molecular weight excluding hydrogens is 938 g/mol. The maximum atomic E-state index is 16.8. The summed E-state index contributed by atoms with van der Waals surface area (Å²) in [5.74, 6) is -5.96. The number of alkyl halides is 2. The number of halogens is 2. The zero-order valence-electron chi connectivity index (χ0n) is 37.2. The summed E-state index contributed by atoms with van der Waals surface area (Å²) < 4.78 is 40.9. The molecule has 0 aromatic carbocycles. The van der Waals surface area contributed by atoms with Crippen molar-refractivity contribution in [3.63, 3.8) is 0 Å². The minimum absolute atomic E-state index is 0.00810. The molecule has 3 aliphatic rings. The van der Waals surface area contributed by atoms with Crippen molar-refractivity contribution in [2.75, 3.05) is 26.4 Å². The summed E-state index contributed by atoms with van der Waals surface area (Å²) >= 11 is 3.15. The number of esters is 1. The average Bonchev–Trinajstić information content (AvgIpc) is 3.65. The van der Waals surface area contributed by atoms with Crippen molar-refractivity contribution in [2.24, 2.45) is 33.8 Å². The highest BCUT2D eigenvalue weighted by Gasteiger charge is 2.56. The Morgan fingerprint density at radius 3 is 2.48 bits per heavy atom. The number of ketones is 1. The van der Waals surface area contributed by atoms with Crippen molar-refractivity contribution in [3.05, 3.63) is 29.4 Å². The number of fused-ring (bicyclic) bond motifs is 5. The van der Waals surface area contributed by atoms with Gasteiger partial charge in [0, 0.05) is 47.2 Å². The predicted molar refractivity (Wildman–Crippen MR) is 240 cm³/mol. The van der Waals surface area contributed by atoms with E-state index >= 15 is 4.39 Å². The summed E-state index contributed by atoms with van der Waals surface area (Å²) in [6, 6.07) is 3.25. The predicted octanol–water partition coefficient (Wildman–Crippen LogP) is 5.70. The van der Waals surface area contributed by atoms with Crippen molar-refractivity contribution < 1.29 is 52.8 Å². The van der Waals surface area contributed by atoms with E-state index in [-0.39, 0.29) is 50.9 Å². The van der Waals surface area contributed by atoms with E-state index in [1.807, 2.05) is 45.8 Å². The van der Waals surface area contributed by atoms with Gasteiger partial charge in [0.15, 0.2) is 22.8 Å². The molecule has 19 heteroatoms. The topological polar surface area (TPSA) is 218 Å². The molecule has 3 saturated heterocycles. The molecule has 13 atom stereocenters. The third kappa shape index (κ3) is 11.2. The molecular formula is C43H62FIN6O10S. The van der Waals surface area contributed by atoms with Crippen molar-refractivity contribution in [2.45, 2.75) is 146 Å². The molecule has 3 aliphatic heterocycles. The molecule has 2 aromatic rings. The van der Waals surface area contributed by atoms with Crippen LogP contribution < -0.4 is 5.73 Å². The van der Waals surface area contributed by atoms with Gasteiger partial charge in [-0.3, -0.25) is 14.6 Å². The van der Waals surface area contributed by atoms with E-state index in [1.54, 1.807) is 54.1 Å². The number of aliphatic hydroxyl groups excluding tert-OH is 1. The van der Waals surface area contributed by atoms with Gasteiger partial charge in [-0.25, -0.2) is 19.2 Å². The van der Waals surface area contributed by atoms with Gasteiger partial charge in [-0.1, -0.05) is 32.9 Å². The standard InChI is InChI=1S/C43H62FIN6O10S/c1-11-32(52)49-33-22(2)17-41(6)36(60-38-34(53)30(51(9)10)16-23(3)59-38)25(5)35(54)42(7,44)40(55)61-39(45)43(8,56)29(24(33)4)15-14-28(19-57-41)50-58-20-27-13-12-26(18-47-27)37-48-31(46)21-62-37/h12-13,18,21-25,29-30,34,36,38-39,53,56H,11,14-17,19-20,46H2,1-10H3/b49-33?,50-28+/t22-,23-,24-,25+,29-,30+,34-,36-,38+,39+,41-,42+,43+/m1/s1. The summed E-state index contributed by atoms with van der Waals surface area (Å²) in [5, 5.41) is 31.0. The summed E-state index contributed by atoms with van der Waals surface area (Å²) in [4.78, 5) is 62.6. The average molecular weight is 1000 g/mol. The van der Waals surface area contributed by atoms with Gasteiger partial charge in [0.25, 0.3) is 5.67 Å². The van der Waals surface area contributed by atoms with Gasteiger partial charge in [0.05, 0.1) is 35.8 Å². The van der Waals surface area contributed by atoms with Gasteiger partial charge in [-0.15, -0.1) is 11.3 Å². The van der Waals surface area contributed by atoms with Crippen LogP contribution in [0.15, 0.2) is 33.9 Å². The number of thiazole rings is 1. The number of nitrogen functional groups attached to an aromatic ring is 1. The number of ether oxygens (including phenoxy) is 4. The van der Waals surface area contributed by atoms with Crippen molar-refractivity contribution >= 4 is 68.8 Å². The smallest absolute Gasteiger partial charge is 0.352 e. The first-order valence-corrected chi connectivity index (χ1v) is 23.2. The number of aromatic nitrogens is 2. The lowest BCUT2D eigenvalue weighted by molar-refractivity contribution is -0.296. The molecule has 4 N–H and O–H groups in total. The van der Waals surface area contributed by atoms with Crippen LogP contribution in [0.5, 0.6) is 0 Å². The number of carbonyl (C=O) groups excluding carboxylic acids is 3. The van der Waals surface area contributed by atoms with E-state index < -0.39 is 80.9 Å². The Hall–Kier alpha value is -3.05. The summed E-state index contributed by atoms with van der Waals surface area (Å²) in [6.07, 6.45) is -1.53. The minimum atomic E-state index is -3.19. The van der Waals surface area contributed by atoms with E-state index in [2.05, 4.69) is 20.1 Å².